The molecule has 2 N–H and O–H groups in total. The smallest absolute Gasteiger partial charge is 0.370 e. The topological polar surface area (TPSA) is 53.1 Å². The van der Waals surface area contributed by atoms with Crippen LogP contribution in [0.15, 0.2) is 6.07 Å². The zero-order chi connectivity index (χ0) is 16.3. The fourth-order valence-corrected chi connectivity index (χ4v) is 1.40. The number of nitrogens with zero attached hydrogens (tertiary/aromatic N) is 3. The molecular formula is C13H22F3N5. The summed E-state index contributed by atoms with van der Waals surface area (Å²) < 4.78 is 38.4. The molecular weight excluding hydrogens is 283 g/mol. The molecule has 0 spiro atoms. The Morgan fingerprint density at radius 3 is 2.05 bits per heavy atom. The van der Waals surface area contributed by atoms with Crippen LogP contribution in [0.5, 0.6) is 0 Å². The third-order valence-corrected chi connectivity index (χ3v) is 3.25. The summed E-state index contributed by atoms with van der Waals surface area (Å²) in [6.45, 7) is 6.70. The van der Waals surface area contributed by atoms with E-state index in [4.69, 9.17) is 0 Å². The van der Waals surface area contributed by atoms with E-state index in [2.05, 4.69) is 20.6 Å². The molecule has 0 aliphatic rings. The average Bonchev–Trinajstić information content (AvgIpc) is 2.35. The number of alkyl halides is 3. The summed E-state index contributed by atoms with van der Waals surface area (Å²) in [4.78, 5) is 9.00. The van der Waals surface area contributed by atoms with E-state index in [1.54, 1.807) is 6.92 Å². The van der Waals surface area contributed by atoms with Gasteiger partial charge >= 0.3 is 6.18 Å². The van der Waals surface area contributed by atoms with Crippen molar-refractivity contribution in [2.45, 2.75) is 32.5 Å². The second-order valence-electron chi connectivity index (χ2n) is 5.55. The van der Waals surface area contributed by atoms with E-state index < -0.39 is 12.0 Å². The van der Waals surface area contributed by atoms with Crippen LogP contribution >= 0.6 is 0 Å². The van der Waals surface area contributed by atoms with E-state index in [-0.39, 0.29) is 17.2 Å². The average molecular weight is 305 g/mol. The maximum Gasteiger partial charge on any atom is 0.451 e. The van der Waals surface area contributed by atoms with E-state index in [0.717, 1.165) is 0 Å². The SMILES string of the molecule is CCNc1cc(NCC(C)(C)N(C)C)nc(C(F)(F)F)n1. The molecule has 0 fully saturated rings. The van der Waals surface area contributed by atoms with E-state index in [1.165, 1.54) is 6.07 Å². The first-order valence-corrected chi connectivity index (χ1v) is 6.67. The van der Waals surface area contributed by atoms with Gasteiger partial charge in [-0.3, -0.25) is 0 Å². The Kier molecular flexibility index (Phi) is 5.38. The molecule has 0 aliphatic carbocycles. The maximum absolute atomic E-state index is 12.8. The van der Waals surface area contributed by atoms with Crippen molar-refractivity contribution in [3.8, 4) is 0 Å². The molecule has 0 atom stereocenters. The molecule has 0 unspecified atom stereocenters. The van der Waals surface area contributed by atoms with E-state index >= 15 is 0 Å². The molecule has 1 heterocycles. The molecule has 0 saturated heterocycles. The fourth-order valence-electron chi connectivity index (χ4n) is 1.40. The highest BCUT2D eigenvalue weighted by Gasteiger charge is 2.35. The Bertz CT molecular complexity index is 471. The second-order valence-corrected chi connectivity index (χ2v) is 5.55. The summed E-state index contributed by atoms with van der Waals surface area (Å²) in [5.41, 5.74) is -0.221. The van der Waals surface area contributed by atoms with Gasteiger partial charge in [0.2, 0.25) is 5.82 Å². The van der Waals surface area contributed by atoms with Crippen LogP contribution in [-0.4, -0.2) is 47.6 Å². The van der Waals surface area contributed by atoms with Crippen molar-refractivity contribution in [3.05, 3.63) is 11.9 Å². The van der Waals surface area contributed by atoms with Crippen LogP contribution < -0.4 is 10.6 Å². The highest BCUT2D eigenvalue weighted by molar-refractivity contribution is 5.48. The number of aromatic nitrogens is 2. The van der Waals surface area contributed by atoms with Gasteiger partial charge in [0.15, 0.2) is 0 Å². The molecule has 0 radical (unpaired) electrons. The van der Waals surface area contributed by atoms with Crippen LogP contribution in [0.3, 0.4) is 0 Å². The Balaban J connectivity index is 2.98. The summed E-state index contributed by atoms with van der Waals surface area (Å²) in [5.74, 6) is -0.834. The van der Waals surface area contributed by atoms with Gasteiger partial charge in [0, 0.05) is 24.7 Å². The van der Waals surface area contributed by atoms with Gasteiger partial charge in [-0.15, -0.1) is 0 Å². The monoisotopic (exact) mass is 305 g/mol. The summed E-state index contributed by atoms with van der Waals surface area (Å²) >= 11 is 0. The van der Waals surface area contributed by atoms with Gasteiger partial charge in [0.25, 0.3) is 0 Å². The molecule has 1 aromatic heterocycles. The number of anilines is 2. The maximum atomic E-state index is 12.8. The molecule has 0 aromatic carbocycles. The molecule has 1 rings (SSSR count). The van der Waals surface area contributed by atoms with Crippen molar-refractivity contribution < 1.29 is 13.2 Å². The molecule has 0 aliphatic heterocycles. The van der Waals surface area contributed by atoms with Crippen molar-refractivity contribution >= 4 is 11.6 Å². The number of halogens is 3. The minimum absolute atomic E-state index is 0.156. The van der Waals surface area contributed by atoms with Gasteiger partial charge in [-0.05, 0) is 34.9 Å². The van der Waals surface area contributed by atoms with Gasteiger partial charge in [-0.2, -0.15) is 13.2 Å². The molecule has 0 saturated carbocycles. The zero-order valence-corrected chi connectivity index (χ0v) is 13.0. The third-order valence-electron chi connectivity index (χ3n) is 3.25. The van der Waals surface area contributed by atoms with Crippen LogP contribution in [0.4, 0.5) is 24.8 Å². The largest absolute Gasteiger partial charge is 0.451 e. The summed E-state index contributed by atoms with van der Waals surface area (Å²) in [6.07, 6.45) is -4.57. The number of likely N-dealkylation sites (N-methyl/N-ethyl adjacent to an activating group) is 1. The number of hydrogen-bond donors (Lipinski definition) is 2. The van der Waals surface area contributed by atoms with Crippen molar-refractivity contribution in [3.63, 3.8) is 0 Å². The first-order chi connectivity index (χ1) is 9.56. The van der Waals surface area contributed by atoms with Crippen LogP contribution in [0.1, 0.15) is 26.6 Å². The Hall–Kier alpha value is -1.57. The molecule has 21 heavy (non-hydrogen) atoms. The first kappa shape index (κ1) is 17.5. The second kappa shape index (κ2) is 6.46. The van der Waals surface area contributed by atoms with Crippen LogP contribution in [0, 0.1) is 0 Å². The van der Waals surface area contributed by atoms with Gasteiger partial charge in [0.05, 0.1) is 0 Å². The number of rotatable bonds is 6. The Morgan fingerprint density at radius 1 is 1.10 bits per heavy atom. The molecule has 8 heteroatoms. The Labute approximate surface area is 123 Å². The van der Waals surface area contributed by atoms with Gasteiger partial charge in [0.1, 0.15) is 11.6 Å². The van der Waals surface area contributed by atoms with Crippen molar-refractivity contribution in [1.29, 1.82) is 0 Å². The normalized spacial score (nSPS) is 12.6. The molecule has 120 valence electrons. The van der Waals surface area contributed by atoms with E-state index in [9.17, 15) is 13.2 Å². The number of hydrogen-bond acceptors (Lipinski definition) is 5. The van der Waals surface area contributed by atoms with Crippen molar-refractivity contribution in [2.24, 2.45) is 0 Å². The first-order valence-electron chi connectivity index (χ1n) is 6.67. The standard InChI is InChI=1S/C13H22F3N5/c1-6-17-9-7-10(18-8-12(2,3)21(4)5)20-11(19-9)13(14,15)16/h7H,6,8H2,1-5H3,(H2,17,18,19,20). The lowest BCUT2D eigenvalue weighted by Crippen LogP contribution is -2.44. The van der Waals surface area contributed by atoms with Crippen molar-refractivity contribution in [1.82, 2.24) is 14.9 Å². The fraction of sp³-hybridized carbons (Fsp3) is 0.692. The lowest BCUT2D eigenvalue weighted by Gasteiger charge is -2.32. The summed E-state index contributed by atoms with van der Waals surface area (Å²) in [7, 11) is 3.82. The predicted molar refractivity (Wildman–Crippen MR) is 77.5 cm³/mol. The quantitative estimate of drug-likeness (QED) is 0.846. The van der Waals surface area contributed by atoms with Gasteiger partial charge in [-0.25, -0.2) is 9.97 Å². The Morgan fingerprint density at radius 2 is 1.62 bits per heavy atom. The number of nitrogens with one attached hydrogen (secondary N) is 2. The molecule has 0 amide bonds. The molecule has 1 aromatic rings. The lowest BCUT2D eigenvalue weighted by molar-refractivity contribution is -0.144. The highest BCUT2D eigenvalue weighted by Crippen LogP contribution is 2.28. The minimum Gasteiger partial charge on any atom is -0.370 e. The van der Waals surface area contributed by atoms with E-state index in [0.29, 0.717) is 13.1 Å². The predicted octanol–water partition coefficient (Wildman–Crippen LogP) is 2.68. The van der Waals surface area contributed by atoms with Gasteiger partial charge < -0.3 is 15.5 Å². The summed E-state index contributed by atoms with van der Waals surface area (Å²) in [6, 6.07) is 1.48. The molecule has 5 nitrogen and oxygen atoms in total. The summed E-state index contributed by atoms with van der Waals surface area (Å²) in [5, 5.41) is 5.72. The highest BCUT2D eigenvalue weighted by atomic mass is 19.4. The van der Waals surface area contributed by atoms with E-state index in [1.807, 2.05) is 32.8 Å². The third kappa shape index (κ3) is 5.04. The lowest BCUT2D eigenvalue weighted by atomic mass is 10.0. The van der Waals surface area contributed by atoms with Crippen molar-refractivity contribution in [2.75, 3.05) is 37.8 Å². The zero-order valence-electron chi connectivity index (χ0n) is 13.0. The van der Waals surface area contributed by atoms with Gasteiger partial charge in [-0.1, -0.05) is 0 Å². The molecule has 0 bridgehead atoms. The van der Waals surface area contributed by atoms with Crippen LogP contribution in [-0.2, 0) is 6.18 Å². The minimum atomic E-state index is -4.57. The van der Waals surface area contributed by atoms with Crippen LogP contribution in [0.2, 0.25) is 0 Å². The van der Waals surface area contributed by atoms with Crippen LogP contribution in [0.25, 0.3) is 0 Å².